The van der Waals surface area contributed by atoms with Gasteiger partial charge in [0.05, 0.1) is 0 Å². The van der Waals surface area contributed by atoms with Crippen molar-refractivity contribution in [3.8, 4) is 89.8 Å². The summed E-state index contributed by atoms with van der Waals surface area (Å²) in [5.74, 6) is 1.75. The van der Waals surface area contributed by atoms with Crippen molar-refractivity contribution in [3.05, 3.63) is 223 Å². The molecule has 12 rings (SSSR count). The monoisotopic (exact) mass is 819 g/mol. The van der Waals surface area contributed by atoms with E-state index >= 15 is 0 Å². The molecule has 0 saturated carbocycles. The summed E-state index contributed by atoms with van der Waals surface area (Å²) < 4.78 is 6.61. The van der Waals surface area contributed by atoms with Gasteiger partial charge in [-0.1, -0.05) is 184 Å². The second-order valence-electron chi connectivity index (χ2n) is 17.2. The molecule has 0 fully saturated rings. The SMILES string of the molecule is CC1(C)c2ccccc2-c2c(-c3cccc(-c4nc(-c5cc(-c6ccccc6)cc(-c6ccccc6)c5)nc(-c5ccc6c(c5)oc5cccc(-c7ccccc7)c56)n4)c3)cccc21. The highest BCUT2D eigenvalue weighted by Crippen LogP contribution is 2.52. The van der Waals surface area contributed by atoms with E-state index in [2.05, 4.69) is 214 Å². The van der Waals surface area contributed by atoms with Crippen molar-refractivity contribution >= 4 is 21.9 Å². The minimum Gasteiger partial charge on any atom is -0.456 e. The first-order valence-electron chi connectivity index (χ1n) is 21.8. The smallest absolute Gasteiger partial charge is 0.164 e. The molecule has 0 unspecified atom stereocenters. The number of furan rings is 1. The molecule has 64 heavy (non-hydrogen) atoms. The Kier molecular flexibility index (Phi) is 8.80. The van der Waals surface area contributed by atoms with Crippen molar-refractivity contribution in [2.45, 2.75) is 19.3 Å². The zero-order chi connectivity index (χ0) is 42.8. The van der Waals surface area contributed by atoms with Crippen molar-refractivity contribution in [2.75, 3.05) is 0 Å². The lowest BCUT2D eigenvalue weighted by Crippen LogP contribution is -2.14. The molecule has 1 aliphatic rings. The van der Waals surface area contributed by atoms with Crippen LogP contribution < -0.4 is 0 Å². The molecular formula is C60H41N3O. The molecule has 0 amide bonds. The van der Waals surface area contributed by atoms with Gasteiger partial charge < -0.3 is 4.42 Å². The summed E-state index contributed by atoms with van der Waals surface area (Å²) in [5, 5.41) is 2.14. The minimum atomic E-state index is -0.103. The summed E-state index contributed by atoms with van der Waals surface area (Å²) >= 11 is 0. The third kappa shape index (κ3) is 6.34. The van der Waals surface area contributed by atoms with Crippen LogP contribution in [0.4, 0.5) is 0 Å². The van der Waals surface area contributed by atoms with Gasteiger partial charge in [0.25, 0.3) is 0 Å². The third-order valence-electron chi connectivity index (χ3n) is 12.9. The van der Waals surface area contributed by atoms with Gasteiger partial charge in [-0.2, -0.15) is 0 Å². The Hall–Kier alpha value is -8.21. The Morgan fingerprint density at radius 1 is 0.328 bits per heavy atom. The van der Waals surface area contributed by atoms with E-state index in [1.165, 1.54) is 27.8 Å². The van der Waals surface area contributed by atoms with E-state index in [1.54, 1.807) is 0 Å². The molecule has 11 aromatic rings. The molecule has 0 spiro atoms. The van der Waals surface area contributed by atoms with E-state index in [1.807, 2.05) is 12.1 Å². The van der Waals surface area contributed by atoms with Crippen LogP contribution in [0.2, 0.25) is 0 Å². The third-order valence-corrected chi connectivity index (χ3v) is 12.9. The van der Waals surface area contributed by atoms with Gasteiger partial charge in [-0.25, -0.2) is 15.0 Å². The van der Waals surface area contributed by atoms with Crippen molar-refractivity contribution < 1.29 is 4.42 Å². The summed E-state index contributed by atoms with van der Waals surface area (Å²) in [4.78, 5) is 15.9. The lowest BCUT2D eigenvalue weighted by molar-refractivity contribution is 0.660. The van der Waals surface area contributed by atoms with Crippen molar-refractivity contribution in [3.63, 3.8) is 0 Å². The minimum absolute atomic E-state index is 0.103. The van der Waals surface area contributed by atoms with E-state index < -0.39 is 0 Å². The van der Waals surface area contributed by atoms with Crippen LogP contribution in [-0.4, -0.2) is 15.0 Å². The molecule has 0 bridgehead atoms. The number of fused-ring (bicyclic) bond motifs is 6. The molecule has 0 N–H and O–H groups in total. The predicted molar refractivity (Wildman–Crippen MR) is 263 cm³/mol. The van der Waals surface area contributed by atoms with Gasteiger partial charge in [-0.15, -0.1) is 0 Å². The van der Waals surface area contributed by atoms with E-state index in [0.717, 1.165) is 77.6 Å². The maximum absolute atomic E-state index is 6.61. The maximum atomic E-state index is 6.61. The summed E-state index contributed by atoms with van der Waals surface area (Å²) in [7, 11) is 0. The topological polar surface area (TPSA) is 51.8 Å². The van der Waals surface area contributed by atoms with E-state index in [0.29, 0.717) is 17.5 Å². The van der Waals surface area contributed by atoms with Gasteiger partial charge >= 0.3 is 0 Å². The average molecular weight is 820 g/mol. The number of nitrogens with zero attached hydrogens (tertiary/aromatic N) is 3. The van der Waals surface area contributed by atoms with Gasteiger partial charge in [0, 0.05) is 32.9 Å². The van der Waals surface area contributed by atoms with Crippen LogP contribution in [0.1, 0.15) is 25.0 Å². The first-order valence-corrected chi connectivity index (χ1v) is 21.8. The number of benzene rings is 9. The Morgan fingerprint density at radius 3 is 1.52 bits per heavy atom. The molecule has 9 aromatic carbocycles. The van der Waals surface area contributed by atoms with E-state index in [9.17, 15) is 0 Å². The van der Waals surface area contributed by atoms with Crippen molar-refractivity contribution in [1.29, 1.82) is 0 Å². The standard InChI is InChI=1S/C60H41N3O/c1-60(2)51-28-13-12-25-49(51)55-48(26-15-29-52(55)60)41-23-14-24-42(33-41)57-61-58(43-31-32-50-54(37-43)64-53-30-16-27-47(56(50)53)40-21-10-5-11-22-40)63-59(62-57)46-35-44(38-17-6-3-7-18-38)34-45(36-46)39-19-8-4-9-20-39/h3-37H,1-2H3. The highest BCUT2D eigenvalue weighted by Gasteiger charge is 2.36. The number of aromatic nitrogens is 3. The zero-order valence-corrected chi connectivity index (χ0v) is 35.5. The number of hydrogen-bond donors (Lipinski definition) is 0. The van der Waals surface area contributed by atoms with E-state index in [4.69, 9.17) is 19.4 Å². The van der Waals surface area contributed by atoms with Gasteiger partial charge in [-0.05, 0) is 109 Å². The molecule has 1 aliphatic carbocycles. The quantitative estimate of drug-likeness (QED) is 0.161. The van der Waals surface area contributed by atoms with Crippen molar-refractivity contribution in [2.24, 2.45) is 0 Å². The van der Waals surface area contributed by atoms with Crippen LogP contribution in [0, 0.1) is 0 Å². The number of rotatable bonds is 7. The molecule has 0 atom stereocenters. The van der Waals surface area contributed by atoms with Crippen LogP contribution >= 0.6 is 0 Å². The summed E-state index contributed by atoms with van der Waals surface area (Å²) in [6.07, 6.45) is 0. The molecule has 2 aromatic heterocycles. The summed E-state index contributed by atoms with van der Waals surface area (Å²) in [6.45, 7) is 4.65. The summed E-state index contributed by atoms with van der Waals surface area (Å²) in [5.41, 5.74) is 18.4. The number of hydrogen-bond acceptors (Lipinski definition) is 4. The Labute approximate surface area is 372 Å². The second kappa shape index (κ2) is 15.0. The molecular weight excluding hydrogens is 779 g/mol. The van der Waals surface area contributed by atoms with Gasteiger partial charge in [-0.3, -0.25) is 0 Å². The fourth-order valence-corrected chi connectivity index (χ4v) is 9.76. The maximum Gasteiger partial charge on any atom is 0.164 e. The first kappa shape index (κ1) is 37.5. The molecule has 4 nitrogen and oxygen atoms in total. The van der Waals surface area contributed by atoms with E-state index in [-0.39, 0.29) is 5.41 Å². The molecule has 0 radical (unpaired) electrons. The lowest BCUT2D eigenvalue weighted by Gasteiger charge is -2.21. The highest BCUT2D eigenvalue weighted by atomic mass is 16.3. The zero-order valence-electron chi connectivity index (χ0n) is 35.5. The van der Waals surface area contributed by atoms with Crippen LogP contribution in [0.5, 0.6) is 0 Å². The normalized spacial score (nSPS) is 12.7. The Morgan fingerprint density at radius 2 is 0.812 bits per heavy atom. The molecule has 2 heterocycles. The highest BCUT2D eigenvalue weighted by molar-refractivity contribution is 6.13. The summed E-state index contributed by atoms with van der Waals surface area (Å²) in [6, 6.07) is 74.9. The Balaban J connectivity index is 1.05. The van der Waals surface area contributed by atoms with Crippen LogP contribution in [0.25, 0.3) is 112 Å². The van der Waals surface area contributed by atoms with Crippen LogP contribution in [0.3, 0.4) is 0 Å². The van der Waals surface area contributed by atoms with Gasteiger partial charge in [0.15, 0.2) is 17.5 Å². The molecule has 0 saturated heterocycles. The molecule has 302 valence electrons. The van der Waals surface area contributed by atoms with Gasteiger partial charge in [0.2, 0.25) is 0 Å². The van der Waals surface area contributed by atoms with Crippen LogP contribution in [0.15, 0.2) is 217 Å². The largest absolute Gasteiger partial charge is 0.456 e. The second-order valence-corrected chi connectivity index (χ2v) is 17.2. The fourth-order valence-electron chi connectivity index (χ4n) is 9.76. The average Bonchev–Trinajstić information content (AvgIpc) is 3.86. The lowest BCUT2D eigenvalue weighted by atomic mass is 9.82. The van der Waals surface area contributed by atoms with Crippen LogP contribution in [-0.2, 0) is 5.41 Å². The van der Waals surface area contributed by atoms with Crippen molar-refractivity contribution in [1.82, 2.24) is 15.0 Å². The molecule has 4 heteroatoms. The predicted octanol–water partition coefficient (Wildman–Crippen LogP) is 15.7. The van der Waals surface area contributed by atoms with Gasteiger partial charge in [0.1, 0.15) is 11.2 Å². The molecule has 0 aliphatic heterocycles. The first-order chi connectivity index (χ1) is 31.5. The fraction of sp³-hybridized carbons (Fsp3) is 0.0500. The Bertz CT molecular complexity index is 3510.